The third kappa shape index (κ3) is 1.85. The number of nitrogen functional groups attached to an aromatic ring is 1. The fourth-order valence-electron chi connectivity index (χ4n) is 0.497. The largest absolute Gasteiger partial charge is 0.514 e. The van der Waals surface area contributed by atoms with Crippen LogP contribution in [0, 0.1) is 0 Å². The molecule has 0 saturated carbocycles. The van der Waals surface area contributed by atoms with Gasteiger partial charge in [0.25, 0.3) is 0 Å². The standard InChI is InChI=1S/C5H7N3O3/c1-10-5(9)11-4-2-3(6)7-8-4/h2H,1H3,(H3,6,7,8). The first kappa shape index (κ1) is 7.39. The van der Waals surface area contributed by atoms with Gasteiger partial charge in [0.05, 0.1) is 7.11 Å². The number of aromatic amines is 1. The monoisotopic (exact) mass is 157 g/mol. The first-order valence-corrected chi connectivity index (χ1v) is 2.79. The maximum Gasteiger partial charge on any atom is 0.514 e. The fraction of sp³-hybridized carbons (Fsp3) is 0.200. The van der Waals surface area contributed by atoms with Crippen molar-refractivity contribution in [2.75, 3.05) is 12.8 Å². The average Bonchev–Trinajstić information content (AvgIpc) is 2.35. The summed E-state index contributed by atoms with van der Waals surface area (Å²) in [4.78, 5) is 10.5. The van der Waals surface area contributed by atoms with Crippen LogP contribution in [0.25, 0.3) is 0 Å². The molecule has 1 aromatic rings. The number of hydrogen-bond acceptors (Lipinski definition) is 5. The SMILES string of the molecule is COC(=O)Oc1cc(N)[nH]n1. The van der Waals surface area contributed by atoms with Crippen molar-refractivity contribution in [2.45, 2.75) is 0 Å². The molecule has 0 radical (unpaired) electrons. The van der Waals surface area contributed by atoms with Crippen molar-refractivity contribution in [3.8, 4) is 5.88 Å². The first-order chi connectivity index (χ1) is 5.22. The third-order valence-electron chi connectivity index (χ3n) is 0.929. The Bertz CT molecular complexity index is 257. The number of hydrogen-bond donors (Lipinski definition) is 2. The van der Waals surface area contributed by atoms with Crippen LogP contribution in [-0.2, 0) is 4.74 Å². The van der Waals surface area contributed by atoms with Gasteiger partial charge in [-0.15, -0.1) is 5.10 Å². The highest BCUT2D eigenvalue weighted by molar-refractivity contribution is 5.63. The summed E-state index contributed by atoms with van der Waals surface area (Å²) in [7, 11) is 1.21. The molecule has 0 bridgehead atoms. The summed E-state index contributed by atoms with van der Waals surface area (Å²) >= 11 is 0. The smallest absolute Gasteiger partial charge is 0.437 e. The average molecular weight is 157 g/mol. The van der Waals surface area contributed by atoms with Gasteiger partial charge in [-0.05, 0) is 0 Å². The highest BCUT2D eigenvalue weighted by Crippen LogP contribution is 2.08. The van der Waals surface area contributed by atoms with Crippen molar-refractivity contribution in [3.05, 3.63) is 6.07 Å². The molecule has 3 N–H and O–H groups in total. The lowest BCUT2D eigenvalue weighted by Crippen LogP contribution is -2.07. The van der Waals surface area contributed by atoms with Gasteiger partial charge in [-0.2, -0.15) is 0 Å². The van der Waals surface area contributed by atoms with Crippen LogP contribution in [0.1, 0.15) is 0 Å². The van der Waals surface area contributed by atoms with Gasteiger partial charge in [-0.1, -0.05) is 0 Å². The molecule has 6 heteroatoms. The maximum atomic E-state index is 10.5. The molecule has 6 nitrogen and oxygen atoms in total. The number of nitrogens with one attached hydrogen (secondary N) is 1. The Morgan fingerprint density at radius 2 is 2.55 bits per heavy atom. The Hall–Kier alpha value is -1.72. The Kier molecular flexibility index (Phi) is 1.95. The van der Waals surface area contributed by atoms with Gasteiger partial charge in [0.1, 0.15) is 5.82 Å². The predicted octanol–water partition coefficient (Wildman–Crippen LogP) is 0.137. The molecule has 0 aliphatic heterocycles. The lowest BCUT2D eigenvalue weighted by Gasteiger charge is -1.94. The molecule has 0 spiro atoms. The Morgan fingerprint density at radius 3 is 3.00 bits per heavy atom. The molecule has 0 fully saturated rings. The van der Waals surface area contributed by atoms with E-state index in [1.807, 2.05) is 0 Å². The Morgan fingerprint density at radius 1 is 1.82 bits per heavy atom. The van der Waals surface area contributed by atoms with E-state index in [1.165, 1.54) is 13.2 Å². The lowest BCUT2D eigenvalue weighted by molar-refractivity contribution is 0.119. The van der Waals surface area contributed by atoms with E-state index in [9.17, 15) is 4.79 Å². The summed E-state index contributed by atoms with van der Waals surface area (Å²) in [5, 5.41) is 5.92. The van der Waals surface area contributed by atoms with Crippen molar-refractivity contribution < 1.29 is 14.3 Å². The van der Waals surface area contributed by atoms with Gasteiger partial charge in [-0.25, -0.2) is 4.79 Å². The minimum Gasteiger partial charge on any atom is -0.437 e. The lowest BCUT2D eigenvalue weighted by atomic mass is 10.6. The molecular weight excluding hydrogens is 150 g/mol. The minimum atomic E-state index is -0.823. The summed E-state index contributed by atoms with van der Waals surface area (Å²) in [5.41, 5.74) is 5.25. The fourth-order valence-corrected chi connectivity index (χ4v) is 0.497. The molecule has 11 heavy (non-hydrogen) atoms. The van der Waals surface area contributed by atoms with Gasteiger partial charge in [-0.3, -0.25) is 5.10 Å². The van der Waals surface area contributed by atoms with Crippen molar-refractivity contribution in [1.82, 2.24) is 10.2 Å². The summed E-state index contributed by atoms with van der Waals surface area (Å²) in [6.07, 6.45) is -0.823. The van der Waals surface area contributed by atoms with E-state index >= 15 is 0 Å². The van der Waals surface area contributed by atoms with Crippen LogP contribution in [0.15, 0.2) is 6.07 Å². The second-order valence-electron chi connectivity index (χ2n) is 1.72. The molecular formula is C5H7N3O3. The predicted molar refractivity (Wildman–Crippen MR) is 36.0 cm³/mol. The molecule has 0 aromatic carbocycles. The quantitative estimate of drug-likeness (QED) is 0.565. The number of nitrogens with two attached hydrogens (primary N) is 1. The zero-order valence-electron chi connectivity index (χ0n) is 5.83. The van der Waals surface area contributed by atoms with Crippen LogP contribution >= 0.6 is 0 Å². The number of carbonyl (C=O) groups is 1. The zero-order chi connectivity index (χ0) is 8.27. The summed E-state index contributed by atoms with van der Waals surface area (Å²) in [6, 6.07) is 1.37. The number of aromatic nitrogens is 2. The third-order valence-corrected chi connectivity index (χ3v) is 0.929. The van der Waals surface area contributed by atoms with Gasteiger partial charge in [0.2, 0.25) is 5.88 Å². The molecule has 0 amide bonds. The molecule has 0 aliphatic carbocycles. The Labute approximate surface area is 62.3 Å². The number of nitrogens with zero attached hydrogens (tertiary/aromatic N) is 1. The summed E-state index contributed by atoms with van der Waals surface area (Å²) in [5.74, 6) is 0.415. The van der Waals surface area contributed by atoms with Crippen molar-refractivity contribution in [1.29, 1.82) is 0 Å². The number of anilines is 1. The Balaban J connectivity index is 2.57. The maximum absolute atomic E-state index is 10.5. The van der Waals surface area contributed by atoms with Crippen molar-refractivity contribution in [2.24, 2.45) is 0 Å². The number of carbonyl (C=O) groups excluding carboxylic acids is 1. The number of rotatable bonds is 1. The second-order valence-corrected chi connectivity index (χ2v) is 1.72. The van der Waals surface area contributed by atoms with Gasteiger partial charge in [0.15, 0.2) is 0 Å². The van der Waals surface area contributed by atoms with E-state index in [-0.39, 0.29) is 5.88 Å². The summed E-state index contributed by atoms with van der Waals surface area (Å²) in [6.45, 7) is 0. The summed E-state index contributed by atoms with van der Waals surface area (Å²) < 4.78 is 8.71. The number of H-pyrrole nitrogens is 1. The molecule has 60 valence electrons. The molecule has 1 aromatic heterocycles. The van der Waals surface area contributed by atoms with Crippen LogP contribution in [0.4, 0.5) is 10.6 Å². The normalized spacial score (nSPS) is 9.18. The van der Waals surface area contributed by atoms with Gasteiger partial charge < -0.3 is 15.2 Å². The van der Waals surface area contributed by atoms with Crippen LogP contribution < -0.4 is 10.5 Å². The first-order valence-electron chi connectivity index (χ1n) is 2.79. The van der Waals surface area contributed by atoms with Crippen molar-refractivity contribution in [3.63, 3.8) is 0 Å². The molecule has 0 unspecified atom stereocenters. The van der Waals surface area contributed by atoms with E-state index in [0.29, 0.717) is 5.82 Å². The number of ether oxygens (including phenoxy) is 2. The van der Waals surface area contributed by atoms with E-state index in [2.05, 4.69) is 19.7 Å². The minimum absolute atomic E-state index is 0.0920. The van der Waals surface area contributed by atoms with E-state index in [4.69, 9.17) is 5.73 Å². The molecule has 1 rings (SSSR count). The topological polar surface area (TPSA) is 90.2 Å². The zero-order valence-corrected chi connectivity index (χ0v) is 5.83. The molecule has 0 atom stereocenters. The van der Waals surface area contributed by atoms with Crippen molar-refractivity contribution >= 4 is 12.0 Å². The molecule has 0 aliphatic rings. The van der Waals surface area contributed by atoms with E-state index in [0.717, 1.165) is 0 Å². The highest BCUT2D eigenvalue weighted by atomic mass is 16.7. The number of methoxy groups -OCH3 is 1. The van der Waals surface area contributed by atoms with Crippen LogP contribution in [0.3, 0.4) is 0 Å². The van der Waals surface area contributed by atoms with E-state index in [1.54, 1.807) is 0 Å². The molecule has 1 heterocycles. The van der Waals surface area contributed by atoms with Gasteiger partial charge >= 0.3 is 6.16 Å². The molecule has 0 saturated heterocycles. The van der Waals surface area contributed by atoms with Gasteiger partial charge in [0, 0.05) is 6.07 Å². The second kappa shape index (κ2) is 2.91. The van der Waals surface area contributed by atoms with Crippen LogP contribution in [0.2, 0.25) is 0 Å². The van der Waals surface area contributed by atoms with Crippen LogP contribution in [0.5, 0.6) is 5.88 Å². The highest BCUT2D eigenvalue weighted by Gasteiger charge is 2.05. The van der Waals surface area contributed by atoms with E-state index < -0.39 is 6.16 Å². The van der Waals surface area contributed by atoms with Crippen LogP contribution in [-0.4, -0.2) is 23.5 Å².